The smallest absolute Gasteiger partial charge is 0.312 e. The second-order valence-corrected chi connectivity index (χ2v) is 9.26. The van der Waals surface area contributed by atoms with E-state index in [9.17, 15) is 26.4 Å². The topological polar surface area (TPSA) is 59.4 Å². The van der Waals surface area contributed by atoms with E-state index in [0.29, 0.717) is 6.54 Å². The zero-order valence-corrected chi connectivity index (χ0v) is 17.4. The molecule has 0 N–H and O–H groups in total. The van der Waals surface area contributed by atoms with Gasteiger partial charge >= 0.3 is 6.18 Å². The average Bonchev–Trinajstić information content (AvgIpc) is 3.30. The summed E-state index contributed by atoms with van der Waals surface area (Å²) in [5.74, 6) is -0.330. The molecule has 0 atom stereocenters. The summed E-state index contributed by atoms with van der Waals surface area (Å²) < 4.78 is 65.1. The van der Waals surface area contributed by atoms with E-state index in [2.05, 4.69) is 0 Å². The number of carbonyl (C=O) groups is 1. The molecule has 9 heteroatoms. The van der Waals surface area contributed by atoms with Crippen LogP contribution in [0.2, 0.25) is 0 Å². The van der Waals surface area contributed by atoms with Gasteiger partial charge in [0, 0.05) is 30.7 Å². The van der Waals surface area contributed by atoms with Crippen LogP contribution < -0.4 is 4.90 Å². The summed E-state index contributed by atoms with van der Waals surface area (Å²) in [7, 11) is -3.80. The second-order valence-electron chi connectivity index (χ2n) is 7.37. The Morgan fingerprint density at radius 3 is 2.61 bits per heavy atom. The summed E-state index contributed by atoms with van der Waals surface area (Å²) in [6.45, 7) is 2.14. The number of fused-ring (bicyclic) bond motifs is 2. The highest BCUT2D eigenvalue weighted by Gasteiger charge is 2.31. The van der Waals surface area contributed by atoms with E-state index in [0.717, 1.165) is 39.3 Å². The zero-order chi connectivity index (χ0) is 22.4. The van der Waals surface area contributed by atoms with Crippen molar-refractivity contribution in [3.05, 3.63) is 71.4 Å². The van der Waals surface area contributed by atoms with Gasteiger partial charge in [-0.1, -0.05) is 18.2 Å². The van der Waals surface area contributed by atoms with Crippen LogP contribution in [0.3, 0.4) is 0 Å². The van der Waals surface area contributed by atoms with E-state index in [4.69, 9.17) is 0 Å². The summed E-state index contributed by atoms with van der Waals surface area (Å²) in [5.41, 5.74) is 2.08. The standard InChI is InChI=1S/C22H19F3N2O3S/c1-15(28)26-10-8-17-13-16(4-6-20(17)26)3-2-12-31(29,30)27-11-9-18-14-19(22(23,24)25)5-7-21(18)27/h2-7,9,11,13-14H,8,10,12H2,1H3. The number of rotatable bonds is 4. The summed E-state index contributed by atoms with van der Waals surface area (Å²) in [5, 5.41) is 0.205. The zero-order valence-electron chi connectivity index (χ0n) is 16.6. The monoisotopic (exact) mass is 448 g/mol. The number of hydrogen-bond acceptors (Lipinski definition) is 3. The molecule has 31 heavy (non-hydrogen) atoms. The lowest BCUT2D eigenvalue weighted by molar-refractivity contribution is -0.137. The summed E-state index contributed by atoms with van der Waals surface area (Å²) in [6.07, 6.45) is 0.700. The molecule has 162 valence electrons. The lowest BCUT2D eigenvalue weighted by Gasteiger charge is -2.14. The first kappa shape index (κ1) is 21.2. The highest BCUT2D eigenvalue weighted by Crippen LogP contribution is 2.32. The first-order chi connectivity index (χ1) is 14.6. The Morgan fingerprint density at radius 2 is 1.90 bits per heavy atom. The van der Waals surface area contributed by atoms with Crippen LogP contribution in [-0.4, -0.2) is 30.6 Å². The molecule has 3 aromatic rings. The SMILES string of the molecule is CC(=O)N1CCc2cc(C=CCS(=O)(=O)n3ccc4cc(C(F)(F)F)ccc43)ccc21. The Labute approximate surface area is 177 Å². The highest BCUT2D eigenvalue weighted by atomic mass is 32.2. The fourth-order valence-corrected chi connectivity index (χ4v) is 4.99. The van der Waals surface area contributed by atoms with Crippen molar-refractivity contribution in [1.82, 2.24) is 3.97 Å². The van der Waals surface area contributed by atoms with Gasteiger partial charge in [0.1, 0.15) is 0 Å². The van der Waals surface area contributed by atoms with E-state index in [1.54, 1.807) is 11.0 Å². The fraction of sp³-hybridized carbons (Fsp3) is 0.227. The Balaban J connectivity index is 1.54. The van der Waals surface area contributed by atoms with Crippen molar-refractivity contribution in [2.45, 2.75) is 19.5 Å². The maximum absolute atomic E-state index is 12.9. The lowest BCUT2D eigenvalue weighted by atomic mass is 10.1. The molecule has 0 saturated carbocycles. The largest absolute Gasteiger partial charge is 0.416 e. The third-order valence-electron chi connectivity index (χ3n) is 5.28. The van der Waals surface area contributed by atoms with Crippen molar-refractivity contribution in [3.8, 4) is 0 Å². The van der Waals surface area contributed by atoms with E-state index in [1.165, 1.54) is 31.3 Å². The Kier molecular flexibility index (Phi) is 5.17. The molecule has 2 aromatic carbocycles. The van der Waals surface area contributed by atoms with Crippen molar-refractivity contribution in [3.63, 3.8) is 0 Å². The first-order valence-corrected chi connectivity index (χ1v) is 11.2. The molecule has 0 radical (unpaired) electrons. The van der Waals surface area contributed by atoms with Crippen LogP contribution in [-0.2, 0) is 27.4 Å². The molecule has 0 saturated heterocycles. The van der Waals surface area contributed by atoms with Gasteiger partial charge in [-0.05, 0) is 53.9 Å². The van der Waals surface area contributed by atoms with Crippen LogP contribution in [0.4, 0.5) is 18.9 Å². The van der Waals surface area contributed by atoms with Crippen LogP contribution >= 0.6 is 0 Å². The van der Waals surface area contributed by atoms with E-state index >= 15 is 0 Å². The van der Waals surface area contributed by atoms with Crippen LogP contribution in [0.5, 0.6) is 0 Å². The number of halogens is 3. The van der Waals surface area contributed by atoms with Gasteiger partial charge in [0.25, 0.3) is 0 Å². The van der Waals surface area contributed by atoms with Gasteiger partial charge in [0.05, 0.1) is 16.8 Å². The molecular weight excluding hydrogens is 429 g/mol. The van der Waals surface area contributed by atoms with Gasteiger partial charge in [-0.2, -0.15) is 13.2 Å². The molecule has 1 aliphatic heterocycles. The normalized spacial score (nSPS) is 14.5. The molecule has 5 nitrogen and oxygen atoms in total. The molecule has 0 unspecified atom stereocenters. The van der Waals surface area contributed by atoms with Crippen LogP contribution in [0.1, 0.15) is 23.6 Å². The van der Waals surface area contributed by atoms with Crippen molar-refractivity contribution < 1.29 is 26.4 Å². The van der Waals surface area contributed by atoms with E-state index in [-0.39, 0.29) is 22.6 Å². The summed E-state index contributed by atoms with van der Waals surface area (Å²) in [4.78, 5) is 13.3. The van der Waals surface area contributed by atoms with E-state index < -0.39 is 21.8 Å². The molecule has 4 rings (SSSR count). The maximum atomic E-state index is 12.9. The van der Waals surface area contributed by atoms with Crippen molar-refractivity contribution >= 4 is 38.6 Å². The van der Waals surface area contributed by atoms with Gasteiger partial charge in [-0.3, -0.25) is 4.79 Å². The first-order valence-electron chi connectivity index (χ1n) is 9.55. The second kappa shape index (κ2) is 7.56. The summed E-state index contributed by atoms with van der Waals surface area (Å²) in [6, 6.07) is 9.91. The molecule has 0 fully saturated rings. The minimum absolute atomic E-state index is 0.0190. The number of carbonyl (C=O) groups excluding carboxylic acids is 1. The third-order valence-corrected chi connectivity index (χ3v) is 6.81. The minimum Gasteiger partial charge on any atom is -0.312 e. The van der Waals surface area contributed by atoms with Crippen LogP contribution in [0, 0.1) is 0 Å². The quantitative estimate of drug-likeness (QED) is 0.592. The molecule has 0 aliphatic carbocycles. The van der Waals surface area contributed by atoms with Crippen molar-refractivity contribution in [1.29, 1.82) is 0 Å². The molecule has 1 aliphatic rings. The Hall–Kier alpha value is -3.07. The Bertz CT molecular complexity index is 1310. The number of anilines is 1. The molecule has 1 amide bonds. The third kappa shape index (κ3) is 4.10. The van der Waals surface area contributed by atoms with Crippen molar-refractivity contribution in [2.75, 3.05) is 17.2 Å². The minimum atomic E-state index is -4.49. The number of amides is 1. The lowest BCUT2D eigenvalue weighted by Crippen LogP contribution is -2.25. The number of alkyl halides is 3. The number of nitrogens with zero attached hydrogens (tertiary/aromatic N) is 2. The molecule has 0 spiro atoms. The molecule has 1 aromatic heterocycles. The van der Waals surface area contributed by atoms with E-state index in [1.807, 2.05) is 18.2 Å². The van der Waals surface area contributed by atoms with Crippen molar-refractivity contribution in [2.24, 2.45) is 0 Å². The fourth-order valence-electron chi connectivity index (χ4n) is 3.77. The number of benzene rings is 2. The maximum Gasteiger partial charge on any atom is 0.416 e. The van der Waals surface area contributed by atoms with Gasteiger partial charge in [-0.15, -0.1) is 0 Å². The summed E-state index contributed by atoms with van der Waals surface area (Å²) >= 11 is 0. The van der Waals surface area contributed by atoms with Gasteiger partial charge in [-0.25, -0.2) is 12.4 Å². The molecule has 2 heterocycles. The number of aromatic nitrogens is 1. The van der Waals surface area contributed by atoms with Gasteiger partial charge < -0.3 is 4.90 Å². The Morgan fingerprint density at radius 1 is 1.13 bits per heavy atom. The molecular formula is C22H19F3N2O3S. The van der Waals surface area contributed by atoms with Gasteiger partial charge in [0.15, 0.2) is 0 Å². The highest BCUT2D eigenvalue weighted by molar-refractivity contribution is 7.90. The van der Waals surface area contributed by atoms with Crippen LogP contribution in [0.25, 0.3) is 17.0 Å². The molecule has 0 bridgehead atoms. The van der Waals surface area contributed by atoms with Gasteiger partial charge in [0.2, 0.25) is 15.9 Å². The van der Waals surface area contributed by atoms with Crippen LogP contribution in [0.15, 0.2) is 54.7 Å². The number of hydrogen-bond donors (Lipinski definition) is 0. The average molecular weight is 448 g/mol. The predicted molar refractivity (Wildman–Crippen MR) is 113 cm³/mol. The predicted octanol–water partition coefficient (Wildman–Crippen LogP) is 4.46.